The van der Waals surface area contributed by atoms with Gasteiger partial charge in [0.05, 0.1) is 0 Å². The van der Waals surface area contributed by atoms with Crippen molar-refractivity contribution in [1.29, 1.82) is 0 Å². The summed E-state index contributed by atoms with van der Waals surface area (Å²) in [6.07, 6.45) is 0.222. The van der Waals surface area contributed by atoms with Crippen molar-refractivity contribution in [3.63, 3.8) is 0 Å². The Labute approximate surface area is 157 Å². The van der Waals surface area contributed by atoms with E-state index in [1.807, 2.05) is 60.7 Å². The molecule has 0 atom stereocenters. The predicted octanol–water partition coefficient (Wildman–Crippen LogP) is 2.15. The van der Waals surface area contributed by atoms with E-state index in [4.69, 9.17) is 9.84 Å². The normalized spacial score (nSPS) is 7.67. The van der Waals surface area contributed by atoms with Gasteiger partial charge in [-0.1, -0.05) is 43.3 Å². The zero-order valence-corrected chi connectivity index (χ0v) is 14.2. The maximum atomic E-state index is 9.37. The summed E-state index contributed by atoms with van der Waals surface area (Å²) in [5.41, 5.74) is 0. The summed E-state index contributed by atoms with van der Waals surface area (Å²) in [5.74, 6) is 0.993. The number of carboxylic acids is 1. The van der Waals surface area contributed by atoms with Crippen LogP contribution in [0.3, 0.4) is 0 Å². The van der Waals surface area contributed by atoms with Gasteiger partial charge in [0.15, 0.2) is 0 Å². The van der Waals surface area contributed by atoms with Crippen molar-refractivity contribution in [3.05, 3.63) is 60.7 Å². The van der Waals surface area contributed by atoms with Crippen molar-refractivity contribution in [2.45, 2.75) is 13.3 Å². The molecule has 5 N–H and O–H groups in total. The number of benzene rings is 2. The van der Waals surface area contributed by atoms with Gasteiger partial charge in [-0.3, -0.25) is 4.79 Å². The van der Waals surface area contributed by atoms with Crippen molar-refractivity contribution in [2.75, 3.05) is 0 Å². The van der Waals surface area contributed by atoms with Crippen LogP contribution < -0.4 is 4.74 Å². The Morgan fingerprint density at radius 2 is 1.24 bits per heavy atom. The Kier molecular flexibility index (Phi) is 18.1. The van der Waals surface area contributed by atoms with E-state index in [0.717, 1.165) is 11.5 Å². The molecular weight excluding hydrogens is 300 g/mol. The third kappa shape index (κ3) is 12.3. The fraction of sp³-hybridized carbons (Fsp3) is 0.133. The first-order valence-corrected chi connectivity index (χ1v) is 5.72. The van der Waals surface area contributed by atoms with E-state index in [-0.39, 0.29) is 58.0 Å². The van der Waals surface area contributed by atoms with Crippen LogP contribution in [-0.4, -0.2) is 59.8 Å². The minimum atomic E-state index is -0.745. The Bertz CT molecular complexity index is 434. The summed E-state index contributed by atoms with van der Waals surface area (Å²) in [5, 5.41) is 7.72. The van der Waals surface area contributed by atoms with E-state index in [1.165, 1.54) is 0 Å². The second kappa shape index (κ2) is 15.3. The largest absolute Gasteiger partial charge is 2.00 e. The summed E-state index contributed by atoms with van der Waals surface area (Å²) in [4.78, 5) is 9.37. The van der Waals surface area contributed by atoms with E-state index < -0.39 is 5.97 Å². The zero-order valence-electron chi connectivity index (χ0n) is 14.0. The van der Waals surface area contributed by atoms with Gasteiger partial charge in [-0.05, 0) is 24.3 Å². The monoisotopic (exact) mass is 322 g/mol. The molecule has 0 radical (unpaired) electrons. The molecule has 0 unspecified atom stereocenters. The predicted molar refractivity (Wildman–Crippen MR) is 86.1 cm³/mol. The first kappa shape index (κ1) is 24.9. The second-order valence-electron chi connectivity index (χ2n) is 3.48. The molecule has 0 aliphatic rings. The summed E-state index contributed by atoms with van der Waals surface area (Å²) >= 11 is 0. The van der Waals surface area contributed by atoms with Gasteiger partial charge in [-0.15, -0.1) is 0 Å². The topological polar surface area (TPSA) is 110 Å². The molecule has 0 aliphatic carbocycles. The first-order valence-electron chi connectivity index (χ1n) is 5.72. The Hall–Kier alpha value is -1.11. The Morgan fingerprint density at radius 3 is 1.48 bits per heavy atom. The van der Waals surface area contributed by atoms with E-state index in [9.17, 15) is 4.79 Å². The number of aliphatic carboxylic acids is 1. The SMILES string of the molecule is CCC(=O)O.O.O.[Ca+2].[H-].[H-].c1ccc(Oc2ccccc2)cc1. The number of ether oxygens (including phenoxy) is 1. The second-order valence-corrected chi connectivity index (χ2v) is 3.48. The van der Waals surface area contributed by atoms with Crippen molar-refractivity contribution in [1.82, 2.24) is 0 Å². The van der Waals surface area contributed by atoms with Crippen molar-refractivity contribution in [2.24, 2.45) is 0 Å². The molecule has 0 saturated heterocycles. The van der Waals surface area contributed by atoms with Gasteiger partial charge < -0.3 is 23.6 Å². The molecule has 0 saturated carbocycles. The van der Waals surface area contributed by atoms with Gasteiger partial charge in [0, 0.05) is 6.42 Å². The molecule has 0 fully saturated rings. The number of rotatable bonds is 3. The maximum absolute atomic E-state index is 9.37. The number of hydrogen-bond acceptors (Lipinski definition) is 2. The molecule has 0 spiro atoms. The van der Waals surface area contributed by atoms with Gasteiger partial charge in [-0.25, -0.2) is 0 Å². The number of carboxylic acid groups (broad SMARTS) is 1. The number of para-hydroxylation sites is 2. The van der Waals surface area contributed by atoms with Gasteiger partial charge >= 0.3 is 43.7 Å². The maximum Gasteiger partial charge on any atom is 2.00 e. The van der Waals surface area contributed by atoms with Crippen LogP contribution in [0.5, 0.6) is 11.5 Å². The molecule has 0 aliphatic heterocycles. The van der Waals surface area contributed by atoms with E-state index in [1.54, 1.807) is 6.92 Å². The van der Waals surface area contributed by atoms with E-state index in [0.29, 0.717) is 0 Å². The Morgan fingerprint density at radius 1 is 0.952 bits per heavy atom. The molecule has 21 heavy (non-hydrogen) atoms. The van der Waals surface area contributed by atoms with Crippen LogP contribution in [0.15, 0.2) is 60.7 Å². The minimum Gasteiger partial charge on any atom is -1.00 e. The summed E-state index contributed by atoms with van der Waals surface area (Å²) in [6.45, 7) is 1.60. The van der Waals surface area contributed by atoms with Crippen LogP contribution in [0.4, 0.5) is 0 Å². The average Bonchev–Trinajstić information content (AvgIpc) is 2.42. The quantitative estimate of drug-likeness (QED) is 0.874. The zero-order chi connectivity index (χ0) is 13.2. The molecule has 0 aromatic heterocycles. The first-order chi connectivity index (χ1) is 8.72. The molecule has 0 amide bonds. The van der Waals surface area contributed by atoms with Crippen molar-refractivity contribution in [3.8, 4) is 11.5 Å². The summed E-state index contributed by atoms with van der Waals surface area (Å²) in [7, 11) is 0. The van der Waals surface area contributed by atoms with Crippen LogP contribution >= 0.6 is 0 Å². The molecular formula is C15H22CaO5. The third-order valence-electron chi connectivity index (χ3n) is 2.02. The summed E-state index contributed by atoms with van der Waals surface area (Å²) < 4.78 is 5.58. The van der Waals surface area contributed by atoms with Crippen LogP contribution in [0.2, 0.25) is 0 Å². The molecule has 5 nitrogen and oxygen atoms in total. The van der Waals surface area contributed by atoms with E-state index in [2.05, 4.69) is 0 Å². The van der Waals surface area contributed by atoms with Gasteiger partial charge in [0.1, 0.15) is 11.5 Å². The van der Waals surface area contributed by atoms with Crippen molar-refractivity contribution < 1.29 is 28.4 Å². The fourth-order valence-corrected chi connectivity index (χ4v) is 1.11. The Balaban J connectivity index is -0.0000000973. The van der Waals surface area contributed by atoms with Gasteiger partial charge in [0.25, 0.3) is 0 Å². The smallest absolute Gasteiger partial charge is 1.00 e. The standard InChI is InChI=1S/C12H10O.C3H6O2.Ca.2H2O.2H/c1-3-7-11(8-4-1)13-12-9-5-2-6-10-12;1-2-3(4)5;;;;;/h1-10H;2H2,1H3,(H,4,5);;2*1H2;;/q;;+2;;;2*-1. The van der Waals surface area contributed by atoms with Crippen LogP contribution in [0, 0.1) is 0 Å². The van der Waals surface area contributed by atoms with Crippen LogP contribution in [-0.2, 0) is 4.79 Å². The third-order valence-corrected chi connectivity index (χ3v) is 2.02. The van der Waals surface area contributed by atoms with Crippen LogP contribution in [0.1, 0.15) is 16.2 Å². The minimum absolute atomic E-state index is 0. The van der Waals surface area contributed by atoms with Gasteiger partial charge in [-0.2, -0.15) is 0 Å². The van der Waals surface area contributed by atoms with Gasteiger partial charge in [0.2, 0.25) is 0 Å². The summed E-state index contributed by atoms with van der Waals surface area (Å²) in [6, 6.07) is 19.5. The molecule has 0 heterocycles. The molecule has 2 aromatic rings. The molecule has 2 aromatic carbocycles. The van der Waals surface area contributed by atoms with Crippen molar-refractivity contribution >= 4 is 43.7 Å². The number of hydrogen-bond donors (Lipinski definition) is 1. The molecule has 0 bridgehead atoms. The molecule has 6 heteroatoms. The average molecular weight is 322 g/mol. The number of carbonyl (C=O) groups is 1. The van der Waals surface area contributed by atoms with Crippen LogP contribution in [0.25, 0.3) is 0 Å². The molecule has 114 valence electrons. The van der Waals surface area contributed by atoms with E-state index >= 15 is 0 Å². The molecule has 2 rings (SSSR count). The fourth-order valence-electron chi connectivity index (χ4n) is 1.11.